The normalized spacial score (nSPS) is 12.6. The van der Waals surface area contributed by atoms with E-state index in [1.165, 1.54) is 0 Å². The lowest BCUT2D eigenvalue weighted by atomic mass is 9.99. The second-order valence-electron chi connectivity index (χ2n) is 11.1. The van der Waals surface area contributed by atoms with Gasteiger partial charge in [-0.15, -0.1) is 0 Å². The van der Waals surface area contributed by atoms with E-state index in [1.54, 1.807) is 30.3 Å². The first kappa shape index (κ1) is 34.3. The summed E-state index contributed by atoms with van der Waals surface area (Å²) in [4.78, 5) is 10.7. The quantitative estimate of drug-likeness (QED) is 0.116. The van der Waals surface area contributed by atoms with Crippen LogP contribution < -0.4 is 24.2 Å². The van der Waals surface area contributed by atoms with Crippen LogP contribution >= 0.6 is 0 Å². The van der Waals surface area contributed by atoms with E-state index in [1.807, 2.05) is 75.4 Å². The van der Waals surface area contributed by atoms with E-state index in [0.717, 1.165) is 39.8 Å². The van der Waals surface area contributed by atoms with Crippen LogP contribution in [0, 0.1) is 13.8 Å². The van der Waals surface area contributed by atoms with Crippen molar-refractivity contribution in [2.75, 3.05) is 30.7 Å². The zero-order valence-electron chi connectivity index (χ0n) is 26.3. The number of hydrogen-bond donors (Lipinski definition) is 4. The predicted molar refractivity (Wildman–Crippen MR) is 178 cm³/mol. The van der Waals surface area contributed by atoms with E-state index in [2.05, 4.69) is 10.0 Å². The molecule has 0 fully saturated rings. The summed E-state index contributed by atoms with van der Waals surface area (Å²) >= 11 is 0. The van der Waals surface area contributed by atoms with E-state index in [9.17, 15) is 18.3 Å². The maximum atomic E-state index is 12.0. The number of anilines is 1. The number of aliphatic carboxylic acids is 1. The molecule has 4 aromatic rings. The minimum Gasteiger partial charge on any atom is -0.492 e. The van der Waals surface area contributed by atoms with Crippen molar-refractivity contribution in [3.63, 3.8) is 0 Å². The summed E-state index contributed by atoms with van der Waals surface area (Å²) in [6, 6.07) is 25.5. The smallest absolute Gasteiger partial charge is 0.341 e. The number of hydrogen-bond acceptors (Lipinski definition) is 8. The Morgan fingerprint density at radius 1 is 0.870 bits per heavy atom. The van der Waals surface area contributed by atoms with Crippen LogP contribution in [-0.2, 0) is 21.4 Å². The van der Waals surface area contributed by atoms with Gasteiger partial charge in [-0.3, -0.25) is 4.72 Å². The number of carboxylic acids is 1. The molecule has 11 heteroatoms. The maximum absolute atomic E-state index is 12.0. The lowest BCUT2D eigenvalue weighted by Gasteiger charge is -2.23. The molecule has 4 rings (SSSR count). The van der Waals surface area contributed by atoms with Crippen LogP contribution in [0.2, 0.25) is 0 Å². The van der Waals surface area contributed by atoms with Crippen LogP contribution in [0.25, 0.3) is 11.1 Å². The number of ether oxygens (including phenoxy) is 3. The SMILES string of the molecule is Cc1cc(-c2ccc(OCC(=O)O)cc2)cc(C)c1OCCN[C@@H](C)[C@H](O)c1ccc(OCc2ccccc2)c(NS(C)(=O)=O)c1. The van der Waals surface area contributed by atoms with Gasteiger partial charge >= 0.3 is 5.97 Å². The Labute approximate surface area is 270 Å². The van der Waals surface area contributed by atoms with Gasteiger partial charge in [0.25, 0.3) is 0 Å². The van der Waals surface area contributed by atoms with Gasteiger partial charge in [-0.1, -0.05) is 48.5 Å². The number of aliphatic hydroxyl groups excluding tert-OH is 1. The van der Waals surface area contributed by atoms with E-state index in [0.29, 0.717) is 30.2 Å². The Morgan fingerprint density at radius 3 is 2.17 bits per heavy atom. The van der Waals surface area contributed by atoms with Crippen molar-refractivity contribution >= 4 is 21.7 Å². The molecule has 4 aromatic carbocycles. The molecule has 2 atom stereocenters. The Bertz CT molecular complexity index is 1700. The number of rotatable bonds is 16. The highest BCUT2D eigenvalue weighted by Crippen LogP contribution is 2.32. The van der Waals surface area contributed by atoms with Gasteiger partial charge in [-0.2, -0.15) is 0 Å². The van der Waals surface area contributed by atoms with Crippen LogP contribution in [-0.4, -0.2) is 56.7 Å². The Kier molecular flexibility index (Phi) is 11.6. The van der Waals surface area contributed by atoms with Gasteiger partial charge in [0.1, 0.15) is 30.5 Å². The van der Waals surface area contributed by atoms with E-state index in [4.69, 9.17) is 19.3 Å². The lowest BCUT2D eigenvalue weighted by Crippen LogP contribution is -2.35. The van der Waals surface area contributed by atoms with Crippen LogP contribution in [0.3, 0.4) is 0 Å². The van der Waals surface area contributed by atoms with Crippen molar-refractivity contribution in [1.82, 2.24) is 5.32 Å². The van der Waals surface area contributed by atoms with Gasteiger partial charge in [0, 0.05) is 12.6 Å². The fraction of sp³-hybridized carbons (Fsp3) is 0.286. The predicted octanol–water partition coefficient (Wildman–Crippen LogP) is 5.47. The molecule has 4 N–H and O–H groups in total. The van der Waals surface area contributed by atoms with Gasteiger partial charge in [-0.25, -0.2) is 13.2 Å². The molecular weight excluding hydrogens is 608 g/mol. The molecule has 0 aliphatic carbocycles. The number of carboxylic acid groups (broad SMARTS) is 1. The summed E-state index contributed by atoms with van der Waals surface area (Å²) in [6.07, 6.45) is 0.143. The summed E-state index contributed by atoms with van der Waals surface area (Å²) < 4.78 is 43.8. The van der Waals surface area contributed by atoms with Crippen molar-refractivity contribution in [3.8, 4) is 28.4 Å². The maximum Gasteiger partial charge on any atom is 0.341 e. The van der Waals surface area contributed by atoms with Gasteiger partial charge in [-0.05, 0) is 90.6 Å². The summed E-state index contributed by atoms with van der Waals surface area (Å²) in [6.45, 7) is 6.50. The number of nitrogens with one attached hydrogen (secondary N) is 2. The highest BCUT2D eigenvalue weighted by Gasteiger charge is 2.19. The lowest BCUT2D eigenvalue weighted by molar-refractivity contribution is -0.139. The molecule has 0 heterocycles. The average molecular weight is 649 g/mol. The fourth-order valence-electron chi connectivity index (χ4n) is 4.95. The van der Waals surface area contributed by atoms with Crippen LogP contribution in [0.4, 0.5) is 5.69 Å². The topological polar surface area (TPSA) is 143 Å². The highest BCUT2D eigenvalue weighted by molar-refractivity contribution is 7.92. The van der Waals surface area contributed by atoms with Crippen LogP contribution in [0.5, 0.6) is 17.2 Å². The Morgan fingerprint density at radius 2 is 1.54 bits per heavy atom. The molecule has 0 unspecified atom stereocenters. The zero-order valence-corrected chi connectivity index (χ0v) is 27.1. The highest BCUT2D eigenvalue weighted by atomic mass is 32.2. The van der Waals surface area contributed by atoms with Gasteiger partial charge < -0.3 is 29.7 Å². The Hall–Kier alpha value is -4.58. The number of aliphatic hydroxyl groups is 1. The van der Waals surface area contributed by atoms with Gasteiger partial charge in [0.15, 0.2) is 6.61 Å². The molecule has 10 nitrogen and oxygen atoms in total. The zero-order chi connectivity index (χ0) is 33.3. The second kappa shape index (κ2) is 15.6. The Balaban J connectivity index is 1.33. The third-order valence-corrected chi connectivity index (χ3v) is 7.77. The average Bonchev–Trinajstić information content (AvgIpc) is 3.01. The molecule has 0 saturated heterocycles. The molecule has 0 saturated carbocycles. The van der Waals surface area contributed by atoms with E-state index >= 15 is 0 Å². The molecule has 0 spiro atoms. The minimum atomic E-state index is -3.59. The third-order valence-electron chi connectivity index (χ3n) is 7.18. The molecule has 244 valence electrons. The number of carbonyl (C=O) groups is 1. The summed E-state index contributed by atoms with van der Waals surface area (Å²) in [5.41, 5.74) is 5.63. The number of benzene rings is 4. The molecule has 0 aliphatic rings. The molecule has 0 aromatic heterocycles. The first-order chi connectivity index (χ1) is 21.9. The van der Waals surface area contributed by atoms with E-state index < -0.39 is 28.7 Å². The molecular formula is C35H40N2O8S. The first-order valence-corrected chi connectivity index (χ1v) is 16.7. The van der Waals surface area contributed by atoms with Crippen LogP contribution in [0.1, 0.15) is 35.3 Å². The summed E-state index contributed by atoms with van der Waals surface area (Å²) in [7, 11) is -3.59. The van der Waals surface area contributed by atoms with E-state index in [-0.39, 0.29) is 18.3 Å². The van der Waals surface area contributed by atoms with Crippen molar-refractivity contribution in [2.24, 2.45) is 0 Å². The summed E-state index contributed by atoms with van der Waals surface area (Å²) in [5.74, 6) is 0.600. The van der Waals surface area contributed by atoms with Crippen molar-refractivity contribution in [2.45, 2.75) is 39.5 Å². The molecule has 46 heavy (non-hydrogen) atoms. The van der Waals surface area contributed by atoms with Gasteiger partial charge in [0.2, 0.25) is 10.0 Å². The third kappa shape index (κ3) is 9.96. The monoisotopic (exact) mass is 648 g/mol. The minimum absolute atomic E-state index is 0.252. The standard InChI is InChI=1S/C35H40N2O8S/c1-23-18-29(27-10-13-30(14-11-27)44-22-33(38)39)19-24(2)35(23)43-17-16-36-25(3)34(40)28-12-15-32(31(20-28)37-46(4,41)42)45-21-26-8-6-5-7-9-26/h5-15,18-20,25,34,36-37,40H,16-17,21-22H2,1-4H3,(H,38,39)/t25-,34-/m0/s1. The molecule has 0 aliphatic heterocycles. The number of aryl methyl sites for hydroxylation is 2. The fourth-order valence-corrected chi connectivity index (χ4v) is 5.50. The van der Waals surface area contributed by atoms with Crippen molar-refractivity contribution in [1.29, 1.82) is 0 Å². The second-order valence-corrected chi connectivity index (χ2v) is 12.8. The molecule has 0 amide bonds. The molecule has 0 radical (unpaired) electrons. The number of sulfonamides is 1. The largest absolute Gasteiger partial charge is 0.492 e. The van der Waals surface area contributed by atoms with Crippen molar-refractivity contribution in [3.05, 3.63) is 107 Å². The van der Waals surface area contributed by atoms with Crippen LogP contribution in [0.15, 0.2) is 84.9 Å². The molecule has 0 bridgehead atoms. The van der Waals surface area contributed by atoms with Gasteiger partial charge in [0.05, 0.1) is 18.0 Å². The first-order valence-electron chi connectivity index (χ1n) is 14.8. The van der Waals surface area contributed by atoms with Crippen molar-refractivity contribution < 1.29 is 37.6 Å². The summed E-state index contributed by atoms with van der Waals surface area (Å²) in [5, 5.41) is 23.1.